The van der Waals surface area contributed by atoms with Crippen molar-refractivity contribution in [2.45, 2.75) is 37.3 Å². The number of amides is 4. The molecule has 0 aliphatic carbocycles. The van der Waals surface area contributed by atoms with Crippen LogP contribution in [0.3, 0.4) is 0 Å². The number of rotatable bonds is 8. The standard InChI is InChI=1S/C26H24I4N6O8/c27-13-1-11(2-14(28)19(13)37)5-17(23(39)40)31-7-33-21-22-35(25(33)43)9-32(10-36(22)26(44)34(21)8-31)18(24(41)42)6-12-3-15(29)20(38)16(30)4-12/h1-4,17-18,21-22,37-38H,5-10H2,(H,39,40)(H,41,42). The van der Waals surface area contributed by atoms with Crippen LogP contribution in [0.15, 0.2) is 24.3 Å². The number of nitrogens with zero attached hydrogens (tertiary/aromatic N) is 6. The Balaban J connectivity index is 1.25. The molecule has 2 atom stereocenters. The molecule has 2 unspecified atom stereocenters. The largest absolute Gasteiger partial charge is 0.506 e. The zero-order chi connectivity index (χ0) is 31.8. The molecule has 4 saturated heterocycles. The first kappa shape index (κ1) is 32.3. The van der Waals surface area contributed by atoms with Crippen LogP contribution in [0, 0.1) is 14.3 Å². The first-order valence-electron chi connectivity index (χ1n) is 13.2. The maximum Gasteiger partial charge on any atom is 0.325 e. The molecule has 44 heavy (non-hydrogen) atoms. The molecule has 0 bridgehead atoms. The highest BCUT2D eigenvalue weighted by molar-refractivity contribution is 14.1. The maximum absolute atomic E-state index is 13.8. The smallest absolute Gasteiger partial charge is 0.325 e. The molecule has 2 aromatic carbocycles. The van der Waals surface area contributed by atoms with E-state index in [-0.39, 0.29) is 51.0 Å². The first-order valence-corrected chi connectivity index (χ1v) is 17.5. The van der Waals surface area contributed by atoms with Crippen molar-refractivity contribution in [3.63, 3.8) is 0 Å². The van der Waals surface area contributed by atoms with Crippen LogP contribution < -0.4 is 0 Å². The van der Waals surface area contributed by atoms with Gasteiger partial charge in [-0.25, -0.2) is 9.59 Å². The number of carbonyl (C=O) groups excluding carboxylic acids is 2. The van der Waals surface area contributed by atoms with Gasteiger partial charge >= 0.3 is 24.0 Å². The molecule has 0 spiro atoms. The highest BCUT2D eigenvalue weighted by Gasteiger charge is 2.64. The molecule has 0 aromatic heterocycles. The van der Waals surface area contributed by atoms with Gasteiger partial charge in [0.2, 0.25) is 0 Å². The topological polar surface area (TPSA) is 169 Å². The number of phenolic OH excluding ortho intramolecular Hbond substituents is 2. The molecule has 234 valence electrons. The van der Waals surface area contributed by atoms with Gasteiger partial charge in [0.05, 0.1) is 41.0 Å². The van der Waals surface area contributed by atoms with Gasteiger partial charge in [0.1, 0.15) is 23.6 Å². The Morgan fingerprint density at radius 1 is 0.636 bits per heavy atom. The molecule has 4 N–H and O–H groups in total. The second-order valence-electron chi connectivity index (χ2n) is 10.9. The van der Waals surface area contributed by atoms with Crippen LogP contribution in [0.25, 0.3) is 0 Å². The number of benzene rings is 2. The Bertz CT molecular complexity index is 1400. The zero-order valence-corrected chi connectivity index (χ0v) is 31.1. The molecule has 0 saturated carbocycles. The summed E-state index contributed by atoms with van der Waals surface area (Å²) in [4.78, 5) is 61.6. The summed E-state index contributed by atoms with van der Waals surface area (Å²) < 4.78 is 2.36. The van der Waals surface area contributed by atoms with Gasteiger partial charge in [0, 0.05) is 0 Å². The van der Waals surface area contributed by atoms with Crippen LogP contribution >= 0.6 is 90.4 Å². The fourth-order valence-corrected chi connectivity index (χ4v) is 10.1. The Hall–Kier alpha value is -1.64. The Morgan fingerprint density at radius 2 is 0.909 bits per heavy atom. The molecule has 14 nitrogen and oxygen atoms in total. The van der Waals surface area contributed by atoms with Gasteiger partial charge in [-0.15, -0.1) is 0 Å². The SMILES string of the molecule is O=C(O)C(Cc1cc(I)c(O)c(I)c1)N1CN2C(=O)N3CN(C(Cc4cc(I)c(O)c(I)c4)C(=O)O)CN4C(=O)N(C1)C2C34. The molecule has 6 rings (SSSR count). The molecule has 2 aromatic rings. The van der Waals surface area contributed by atoms with Crippen LogP contribution in [0.2, 0.25) is 0 Å². The van der Waals surface area contributed by atoms with Crippen molar-refractivity contribution in [2.75, 3.05) is 26.7 Å². The predicted molar refractivity (Wildman–Crippen MR) is 186 cm³/mol. The molecule has 4 fully saturated rings. The minimum Gasteiger partial charge on any atom is -0.506 e. The number of carboxylic acids is 2. The van der Waals surface area contributed by atoms with E-state index in [2.05, 4.69) is 0 Å². The number of aromatic hydroxyl groups is 2. The summed E-state index contributed by atoms with van der Waals surface area (Å²) >= 11 is 7.94. The van der Waals surface area contributed by atoms with E-state index < -0.39 is 48.4 Å². The average molecular weight is 1060 g/mol. The van der Waals surface area contributed by atoms with Gasteiger partial charge in [0.25, 0.3) is 0 Å². The lowest BCUT2D eigenvalue weighted by atomic mass is 10.0. The monoisotopic (exact) mass is 1060 g/mol. The number of phenols is 2. The summed E-state index contributed by atoms with van der Waals surface area (Å²) in [6.45, 7) is -0.0949. The van der Waals surface area contributed by atoms with Crippen molar-refractivity contribution in [1.82, 2.24) is 29.4 Å². The van der Waals surface area contributed by atoms with E-state index in [1.807, 2.05) is 90.4 Å². The van der Waals surface area contributed by atoms with Gasteiger partial charge < -0.3 is 20.4 Å². The number of carboxylic acid groups (broad SMARTS) is 2. The third-order valence-corrected chi connectivity index (χ3v) is 11.6. The number of halogens is 4. The summed E-state index contributed by atoms with van der Waals surface area (Å²) in [5, 5.41) is 40.7. The summed E-state index contributed by atoms with van der Waals surface area (Å²) in [5.41, 5.74) is 1.39. The molecular formula is C26H24I4N6O8. The lowest BCUT2D eigenvalue weighted by molar-refractivity contribution is -0.149. The van der Waals surface area contributed by atoms with Gasteiger partial charge in [-0.3, -0.25) is 39.0 Å². The minimum atomic E-state index is -1.11. The van der Waals surface area contributed by atoms with Crippen molar-refractivity contribution >= 4 is 114 Å². The minimum absolute atomic E-state index is 0.0237. The van der Waals surface area contributed by atoms with Crippen molar-refractivity contribution in [1.29, 1.82) is 0 Å². The van der Waals surface area contributed by atoms with Crippen LogP contribution in [-0.4, -0.2) is 125 Å². The van der Waals surface area contributed by atoms with E-state index in [9.17, 15) is 39.6 Å². The molecular weight excluding hydrogens is 1030 g/mol. The van der Waals surface area contributed by atoms with E-state index >= 15 is 0 Å². The summed E-state index contributed by atoms with van der Waals surface area (Å²) in [6, 6.07) is 3.94. The van der Waals surface area contributed by atoms with Gasteiger partial charge in [-0.1, -0.05) is 0 Å². The van der Waals surface area contributed by atoms with Crippen LogP contribution in [0.4, 0.5) is 9.59 Å². The van der Waals surface area contributed by atoms with Crippen LogP contribution in [0.1, 0.15) is 11.1 Å². The quantitative estimate of drug-likeness (QED) is 0.289. The number of aliphatic carboxylic acids is 2. The highest BCUT2D eigenvalue weighted by Crippen LogP contribution is 2.41. The van der Waals surface area contributed by atoms with Gasteiger partial charge in [-0.2, -0.15) is 0 Å². The van der Waals surface area contributed by atoms with Crippen LogP contribution in [-0.2, 0) is 22.4 Å². The zero-order valence-electron chi connectivity index (χ0n) is 22.5. The van der Waals surface area contributed by atoms with E-state index in [0.717, 1.165) is 0 Å². The van der Waals surface area contributed by atoms with Gasteiger partial charge in [-0.05, 0) is 139 Å². The Labute approximate surface area is 305 Å². The van der Waals surface area contributed by atoms with Crippen molar-refractivity contribution < 1.29 is 39.6 Å². The van der Waals surface area contributed by atoms with E-state index in [4.69, 9.17) is 0 Å². The fourth-order valence-electron chi connectivity index (χ4n) is 6.27. The number of urea groups is 2. The summed E-state index contributed by atoms with van der Waals surface area (Å²) in [5.74, 6) is -1.96. The van der Waals surface area contributed by atoms with Crippen LogP contribution in [0.5, 0.6) is 11.5 Å². The average Bonchev–Trinajstić information content (AvgIpc) is 3.41. The van der Waals surface area contributed by atoms with Crippen molar-refractivity contribution in [3.8, 4) is 11.5 Å². The number of hydrogen-bond acceptors (Lipinski definition) is 8. The van der Waals surface area contributed by atoms with Crippen molar-refractivity contribution in [3.05, 3.63) is 49.7 Å². The maximum atomic E-state index is 13.8. The number of carbonyl (C=O) groups is 4. The fraction of sp³-hybridized carbons (Fsp3) is 0.385. The van der Waals surface area contributed by atoms with E-state index in [1.54, 1.807) is 34.1 Å². The Morgan fingerprint density at radius 3 is 1.16 bits per heavy atom. The summed E-state index contributed by atoms with van der Waals surface area (Å²) in [6.07, 6.45) is -1.06. The highest BCUT2D eigenvalue weighted by atomic mass is 127. The molecule has 4 aliphatic heterocycles. The lowest BCUT2D eigenvalue weighted by Gasteiger charge is -2.44. The summed E-state index contributed by atoms with van der Waals surface area (Å²) in [7, 11) is 0. The molecule has 4 aliphatic rings. The third kappa shape index (κ3) is 5.53. The molecule has 4 amide bonds. The third-order valence-electron chi connectivity index (χ3n) is 8.33. The molecule has 18 heteroatoms. The Kier molecular flexibility index (Phi) is 8.95. The second kappa shape index (κ2) is 12.2. The van der Waals surface area contributed by atoms with Gasteiger partial charge in [0.15, 0.2) is 12.3 Å². The van der Waals surface area contributed by atoms with E-state index in [0.29, 0.717) is 25.4 Å². The normalized spacial score (nSPS) is 22.9. The predicted octanol–water partition coefficient (Wildman–Crippen LogP) is 2.80. The van der Waals surface area contributed by atoms with E-state index in [1.165, 1.54) is 19.6 Å². The first-order chi connectivity index (χ1) is 20.8. The number of hydrogen-bond donors (Lipinski definition) is 4. The molecule has 0 radical (unpaired) electrons. The van der Waals surface area contributed by atoms with Crippen molar-refractivity contribution in [2.24, 2.45) is 0 Å². The second-order valence-corrected chi connectivity index (χ2v) is 15.6. The lowest BCUT2D eigenvalue weighted by Crippen LogP contribution is -2.64. The molecule has 4 heterocycles.